The van der Waals surface area contributed by atoms with Crippen LogP contribution in [0.25, 0.3) is 0 Å². The van der Waals surface area contributed by atoms with Crippen molar-refractivity contribution in [2.24, 2.45) is 0 Å². The van der Waals surface area contributed by atoms with Crippen molar-refractivity contribution < 1.29 is 9.53 Å². The molecule has 2 aliphatic rings. The van der Waals surface area contributed by atoms with E-state index in [9.17, 15) is 4.79 Å². The number of likely N-dealkylation sites (tertiary alicyclic amines) is 1. The van der Waals surface area contributed by atoms with Gasteiger partial charge in [-0.2, -0.15) is 0 Å². The van der Waals surface area contributed by atoms with Crippen LogP contribution in [0.15, 0.2) is 48.8 Å². The van der Waals surface area contributed by atoms with E-state index in [1.807, 2.05) is 47.0 Å². The summed E-state index contributed by atoms with van der Waals surface area (Å²) in [6.45, 7) is 2.13. The second-order valence-corrected chi connectivity index (χ2v) is 7.82. The van der Waals surface area contributed by atoms with Crippen LogP contribution in [0.3, 0.4) is 0 Å². The van der Waals surface area contributed by atoms with E-state index in [1.165, 1.54) is 0 Å². The molecular weight excluding hydrogens is 322 g/mol. The summed E-state index contributed by atoms with van der Waals surface area (Å²) in [6.07, 6.45) is 4.69. The Morgan fingerprint density at radius 1 is 1.21 bits per heavy atom. The van der Waals surface area contributed by atoms with Gasteiger partial charge in [-0.3, -0.25) is 14.8 Å². The van der Waals surface area contributed by atoms with Crippen LogP contribution in [-0.4, -0.2) is 50.5 Å². The number of rotatable bonds is 4. The van der Waals surface area contributed by atoms with Crippen molar-refractivity contribution in [3.05, 3.63) is 60.2 Å². The number of hydrogen-bond donors (Lipinski definition) is 0. The molecule has 1 spiro atoms. The molecule has 2 aliphatic heterocycles. The Kier molecular flexibility index (Phi) is 4.24. The summed E-state index contributed by atoms with van der Waals surface area (Å²) in [4.78, 5) is 22.7. The van der Waals surface area contributed by atoms with Gasteiger partial charge in [0.25, 0.3) is 5.91 Å². The highest BCUT2D eigenvalue weighted by atomic mass is 32.2. The number of ether oxygens (including phenoxy) is 1. The summed E-state index contributed by atoms with van der Waals surface area (Å²) in [6, 6.07) is 11.3. The van der Waals surface area contributed by atoms with Crippen molar-refractivity contribution in [1.29, 1.82) is 0 Å². The molecule has 6 heteroatoms. The lowest BCUT2D eigenvalue weighted by Crippen LogP contribution is -2.60. The van der Waals surface area contributed by atoms with Gasteiger partial charge in [-0.25, -0.2) is 0 Å². The predicted octanol–water partition coefficient (Wildman–Crippen LogP) is 2.39. The van der Waals surface area contributed by atoms with Crippen molar-refractivity contribution >= 4 is 17.7 Å². The minimum atomic E-state index is 0.0275. The maximum absolute atomic E-state index is 12.4. The Morgan fingerprint density at radius 3 is 2.71 bits per heavy atom. The molecule has 2 saturated heterocycles. The smallest absolute Gasteiger partial charge is 0.272 e. The lowest BCUT2D eigenvalue weighted by molar-refractivity contribution is 0.0243. The number of pyridine rings is 2. The monoisotopic (exact) mass is 341 g/mol. The molecule has 2 aromatic rings. The SMILES string of the molecule is O=C(c1ccccn1)N1CC2(C[C@@H](OCc3ccccn3)CS2)C1. The maximum atomic E-state index is 12.4. The first-order chi connectivity index (χ1) is 11.7. The largest absolute Gasteiger partial charge is 0.371 e. The minimum Gasteiger partial charge on any atom is -0.371 e. The predicted molar refractivity (Wildman–Crippen MR) is 92.8 cm³/mol. The fourth-order valence-electron chi connectivity index (χ4n) is 3.26. The molecule has 4 rings (SSSR count). The number of hydrogen-bond acceptors (Lipinski definition) is 5. The average Bonchev–Trinajstić information content (AvgIpc) is 3.04. The number of carbonyl (C=O) groups is 1. The van der Waals surface area contributed by atoms with E-state index in [0.717, 1.165) is 31.0 Å². The summed E-state index contributed by atoms with van der Waals surface area (Å²) in [5.41, 5.74) is 1.49. The van der Waals surface area contributed by atoms with Crippen molar-refractivity contribution in [3.63, 3.8) is 0 Å². The first kappa shape index (κ1) is 15.6. The molecule has 24 heavy (non-hydrogen) atoms. The van der Waals surface area contributed by atoms with Crippen molar-refractivity contribution in [3.8, 4) is 0 Å². The van der Waals surface area contributed by atoms with Crippen molar-refractivity contribution in [1.82, 2.24) is 14.9 Å². The Bertz CT molecular complexity index is 705. The van der Waals surface area contributed by atoms with Gasteiger partial charge in [0.1, 0.15) is 5.69 Å². The third kappa shape index (κ3) is 3.16. The highest BCUT2D eigenvalue weighted by molar-refractivity contribution is 8.01. The van der Waals surface area contributed by atoms with Gasteiger partial charge in [-0.15, -0.1) is 11.8 Å². The van der Waals surface area contributed by atoms with Crippen LogP contribution in [-0.2, 0) is 11.3 Å². The Balaban J connectivity index is 1.28. The molecule has 4 heterocycles. The molecule has 124 valence electrons. The van der Waals surface area contributed by atoms with Crippen LogP contribution in [0.5, 0.6) is 0 Å². The third-order valence-electron chi connectivity index (χ3n) is 4.50. The van der Waals surface area contributed by atoms with Gasteiger partial charge in [0, 0.05) is 31.2 Å². The Labute approximate surface area is 145 Å². The van der Waals surface area contributed by atoms with E-state index in [0.29, 0.717) is 12.3 Å². The van der Waals surface area contributed by atoms with E-state index < -0.39 is 0 Å². The maximum Gasteiger partial charge on any atom is 0.272 e. The number of amides is 1. The normalized spacial score (nSPS) is 21.7. The molecule has 5 nitrogen and oxygen atoms in total. The number of thioether (sulfide) groups is 1. The van der Waals surface area contributed by atoms with Crippen LogP contribution in [0.1, 0.15) is 22.6 Å². The van der Waals surface area contributed by atoms with Gasteiger partial charge in [-0.05, 0) is 30.7 Å². The molecule has 0 N–H and O–H groups in total. The van der Waals surface area contributed by atoms with E-state index in [2.05, 4.69) is 9.97 Å². The van der Waals surface area contributed by atoms with E-state index in [-0.39, 0.29) is 16.8 Å². The lowest BCUT2D eigenvalue weighted by atomic mass is 9.92. The van der Waals surface area contributed by atoms with Crippen LogP contribution in [0, 0.1) is 0 Å². The molecule has 0 radical (unpaired) electrons. The Hall–Kier alpha value is -1.92. The zero-order valence-electron chi connectivity index (χ0n) is 13.3. The van der Waals surface area contributed by atoms with E-state index >= 15 is 0 Å². The molecule has 0 aromatic carbocycles. The Morgan fingerprint density at radius 2 is 2.00 bits per heavy atom. The molecule has 2 fully saturated rings. The summed E-state index contributed by atoms with van der Waals surface area (Å²) in [7, 11) is 0. The molecule has 1 amide bonds. The standard InChI is InChI=1S/C18H19N3O2S/c22-17(16-6-2-4-8-20-16)21-12-18(13-21)9-15(11-24-18)23-10-14-5-1-3-7-19-14/h1-8,15H,9-13H2/t15-/m1/s1. The summed E-state index contributed by atoms with van der Waals surface area (Å²) >= 11 is 1.93. The van der Waals surface area contributed by atoms with Crippen molar-refractivity contribution in [2.45, 2.75) is 23.9 Å². The fraction of sp³-hybridized carbons (Fsp3) is 0.389. The zero-order valence-corrected chi connectivity index (χ0v) is 14.1. The quantitative estimate of drug-likeness (QED) is 0.855. The molecule has 0 bridgehead atoms. The molecule has 2 aromatic heterocycles. The summed E-state index contributed by atoms with van der Waals surface area (Å²) < 4.78 is 6.17. The zero-order chi connectivity index (χ0) is 16.4. The number of nitrogens with zero attached hydrogens (tertiary/aromatic N) is 3. The third-order valence-corrected chi connectivity index (χ3v) is 6.07. The molecule has 0 aliphatic carbocycles. The first-order valence-electron chi connectivity index (χ1n) is 8.10. The van der Waals surface area contributed by atoms with E-state index in [1.54, 1.807) is 18.5 Å². The molecule has 1 atom stereocenters. The van der Waals surface area contributed by atoms with Gasteiger partial charge in [-0.1, -0.05) is 12.1 Å². The first-order valence-corrected chi connectivity index (χ1v) is 9.08. The van der Waals surface area contributed by atoms with Gasteiger partial charge < -0.3 is 9.64 Å². The second kappa shape index (κ2) is 6.53. The lowest BCUT2D eigenvalue weighted by Gasteiger charge is -2.47. The summed E-state index contributed by atoms with van der Waals surface area (Å²) in [5, 5.41) is 0. The van der Waals surface area contributed by atoms with Crippen LogP contribution in [0.4, 0.5) is 0 Å². The van der Waals surface area contributed by atoms with Gasteiger partial charge in [0.15, 0.2) is 0 Å². The number of carbonyl (C=O) groups excluding carboxylic acids is 1. The average molecular weight is 341 g/mol. The highest BCUT2D eigenvalue weighted by Crippen LogP contribution is 2.46. The highest BCUT2D eigenvalue weighted by Gasteiger charge is 2.51. The number of aromatic nitrogens is 2. The topological polar surface area (TPSA) is 55.3 Å². The molecule has 0 unspecified atom stereocenters. The van der Waals surface area contributed by atoms with E-state index in [4.69, 9.17) is 4.74 Å². The minimum absolute atomic E-state index is 0.0275. The second-order valence-electron chi connectivity index (χ2n) is 6.33. The van der Waals surface area contributed by atoms with Gasteiger partial charge in [0.05, 0.1) is 23.2 Å². The van der Waals surface area contributed by atoms with Crippen molar-refractivity contribution in [2.75, 3.05) is 18.8 Å². The van der Waals surface area contributed by atoms with Crippen LogP contribution in [0.2, 0.25) is 0 Å². The summed E-state index contributed by atoms with van der Waals surface area (Å²) in [5.74, 6) is 1.01. The van der Waals surface area contributed by atoms with Crippen LogP contribution >= 0.6 is 11.8 Å². The molecule has 0 saturated carbocycles. The van der Waals surface area contributed by atoms with Gasteiger partial charge >= 0.3 is 0 Å². The fourth-order valence-corrected chi connectivity index (χ4v) is 4.81. The van der Waals surface area contributed by atoms with Crippen LogP contribution < -0.4 is 0 Å². The van der Waals surface area contributed by atoms with Gasteiger partial charge in [0.2, 0.25) is 0 Å². The molecular formula is C18H19N3O2S.